The fraction of sp³-hybridized carbons (Fsp3) is 1.00. The molecule has 0 aromatic heterocycles. The van der Waals surface area contributed by atoms with Gasteiger partial charge in [0.15, 0.2) is 0 Å². The minimum Gasteiger partial charge on any atom is -0.330 e. The van der Waals surface area contributed by atoms with Gasteiger partial charge in [0.2, 0.25) is 0 Å². The van der Waals surface area contributed by atoms with Gasteiger partial charge in [-0.15, -0.1) is 0 Å². The van der Waals surface area contributed by atoms with Gasteiger partial charge in [0.05, 0.1) is 0 Å². The third-order valence-corrected chi connectivity index (χ3v) is 4.34. The topological polar surface area (TPSA) is 29.3 Å². The molecule has 0 radical (unpaired) electrons. The third kappa shape index (κ3) is 1.40. The van der Waals surface area contributed by atoms with Gasteiger partial charge in [0.1, 0.15) is 0 Å². The van der Waals surface area contributed by atoms with Gasteiger partial charge in [0, 0.05) is 12.1 Å². The molecule has 2 fully saturated rings. The Hall–Kier alpha value is -0.0800. The number of piperidine rings is 1. The lowest BCUT2D eigenvalue weighted by molar-refractivity contribution is 0.0692. The van der Waals surface area contributed by atoms with Crippen LogP contribution in [0.1, 0.15) is 32.6 Å². The SMILES string of the molecule is CCC1C(CN)CC2CCC1N2C. The molecule has 4 atom stereocenters. The molecule has 2 N–H and O–H groups in total. The number of fused-ring (bicyclic) bond motifs is 2. The second kappa shape index (κ2) is 3.58. The zero-order chi connectivity index (χ0) is 9.42. The third-order valence-electron chi connectivity index (χ3n) is 4.34. The second-order valence-corrected chi connectivity index (χ2v) is 4.77. The van der Waals surface area contributed by atoms with Crippen LogP contribution in [0.2, 0.25) is 0 Å². The molecule has 4 unspecified atom stereocenters. The largest absolute Gasteiger partial charge is 0.330 e. The predicted octanol–water partition coefficient (Wildman–Crippen LogP) is 1.45. The van der Waals surface area contributed by atoms with Crippen molar-refractivity contribution in [3.8, 4) is 0 Å². The highest BCUT2D eigenvalue weighted by Gasteiger charge is 2.43. The van der Waals surface area contributed by atoms with Gasteiger partial charge >= 0.3 is 0 Å². The lowest BCUT2D eigenvalue weighted by Gasteiger charge is -2.42. The summed E-state index contributed by atoms with van der Waals surface area (Å²) in [5, 5.41) is 0. The van der Waals surface area contributed by atoms with E-state index in [9.17, 15) is 0 Å². The van der Waals surface area contributed by atoms with Crippen LogP contribution >= 0.6 is 0 Å². The highest BCUT2D eigenvalue weighted by Crippen LogP contribution is 2.42. The molecule has 13 heavy (non-hydrogen) atoms. The summed E-state index contributed by atoms with van der Waals surface area (Å²) in [6, 6.07) is 1.69. The van der Waals surface area contributed by atoms with Crippen LogP contribution in [0.25, 0.3) is 0 Å². The molecule has 0 aliphatic carbocycles. The van der Waals surface area contributed by atoms with Gasteiger partial charge in [0.25, 0.3) is 0 Å². The molecular formula is C11H22N2. The second-order valence-electron chi connectivity index (χ2n) is 4.77. The summed E-state index contributed by atoms with van der Waals surface area (Å²) in [5.41, 5.74) is 5.85. The van der Waals surface area contributed by atoms with Crippen molar-refractivity contribution in [1.82, 2.24) is 4.90 Å². The van der Waals surface area contributed by atoms with Crippen molar-refractivity contribution in [2.24, 2.45) is 17.6 Å². The van der Waals surface area contributed by atoms with Crippen molar-refractivity contribution in [3.05, 3.63) is 0 Å². The van der Waals surface area contributed by atoms with E-state index in [1.54, 1.807) is 0 Å². The number of nitrogens with two attached hydrogens (primary N) is 1. The van der Waals surface area contributed by atoms with Crippen molar-refractivity contribution in [3.63, 3.8) is 0 Å². The zero-order valence-corrected chi connectivity index (χ0v) is 8.87. The lowest BCUT2D eigenvalue weighted by atomic mass is 9.79. The zero-order valence-electron chi connectivity index (χ0n) is 8.87. The molecular weight excluding hydrogens is 160 g/mol. The maximum absolute atomic E-state index is 5.85. The summed E-state index contributed by atoms with van der Waals surface area (Å²) in [6.45, 7) is 3.22. The Kier molecular flexibility index (Phi) is 2.61. The molecule has 76 valence electrons. The van der Waals surface area contributed by atoms with Crippen LogP contribution in [0.4, 0.5) is 0 Å². The van der Waals surface area contributed by atoms with Gasteiger partial charge in [-0.1, -0.05) is 13.3 Å². The van der Waals surface area contributed by atoms with Crippen molar-refractivity contribution < 1.29 is 0 Å². The summed E-state index contributed by atoms with van der Waals surface area (Å²) in [7, 11) is 2.30. The molecule has 2 bridgehead atoms. The Morgan fingerprint density at radius 3 is 2.77 bits per heavy atom. The number of hydrogen-bond donors (Lipinski definition) is 1. The summed E-state index contributed by atoms with van der Waals surface area (Å²) in [5.74, 6) is 1.67. The van der Waals surface area contributed by atoms with Crippen molar-refractivity contribution in [1.29, 1.82) is 0 Å². The van der Waals surface area contributed by atoms with Crippen LogP contribution in [0.3, 0.4) is 0 Å². The van der Waals surface area contributed by atoms with E-state index in [1.807, 2.05) is 0 Å². The first kappa shape index (κ1) is 9.47. The number of hydrogen-bond acceptors (Lipinski definition) is 2. The first-order valence-electron chi connectivity index (χ1n) is 5.70. The highest BCUT2D eigenvalue weighted by molar-refractivity contribution is 4.98. The fourth-order valence-corrected chi connectivity index (χ4v) is 3.56. The molecule has 2 saturated heterocycles. The van der Waals surface area contributed by atoms with E-state index in [0.29, 0.717) is 0 Å². The van der Waals surface area contributed by atoms with Gasteiger partial charge < -0.3 is 10.6 Å². The van der Waals surface area contributed by atoms with Crippen molar-refractivity contribution in [2.75, 3.05) is 13.6 Å². The molecule has 0 spiro atoms. The normalized spacial score (nSPS) is 45.5. The van der Waals surface area contributed by atoms with E-state index in [1.165, 1.54) is 25.7 Å². The Labute approximate surface area is 81.5 Å². The molecule has 2 heteroatoms. The minimum atomic E-state index is 0.804. The summed E-state index contributed by atoms with van der Waals surface area (Å²) in [4.78, 5) is 2.61. The van der Waals surface area contributed by atoms with E-state index in [0.717, 1.165) is 30.5 Å². The van der Waals surface area contributed by atoms with Crippen LogP contribution in [0.5, 0.6) is 0 Å². The van der Waals surface area contributed by atoms with Crippen LogP contribution in [-0.4, -0.2) is 30.6 Å². The average Bonchev–Trinajstić information content (AvgIpc) is 2.40. The van der Waals surface area contributed by atoms with Gasteiger partial charge in [-0.25, -0.2) is 0 Å². The summed E-state index contributed by atoms with van der Waals surface area (Å²) in [6.07, 6.45) is 5.48. The Morgan fingerprint density at radius 2 is 2.15 bits per heavy atom. The van der Waals surface area contributed by atoms with E-state index < -0.39 is 0 Å². The van der Waals surface area contributed by atoms with Gasteiger partial charge in [-0.2, -0.15) is 0 Å². The molecule has 0 saturated carbocycles. The van der Waals surface area contributed by atoms with Crippen LogP contribution in [0.15, 0.2) is 0 Å². The maximum atomic E-state index is 5.85. The van der Waals surface area contributed by atoms with Gasteiger partial charge in [-0.3, -0.25) is 0 Å². The number of rotatable bonds is 2. The summed E-state index contributed by atoms with van der Waals surface area (Å²) >= 11 is 0. The fourth-order valence-electron chi connectivity index (χ4n) is 3.56. The molecule has 2 aliphatic rings. The molecule has 0 amide bonds. The van der Waals surface area contributed by atoms with Crippen LogP contribution < -0.4 is 5.73 Å². The summed E-state index contributed by atoms with van der Waals surface area (Å²) < 4.78 is 0. The van der Waals surface area contributed by atoms with Crippen molar-refractivity contribution in [2.45, 2.75) is 44.7 Å². The lowest BCUT2D eigenvalue weighted by Crippen LogP contribution is -2.48. The quantitative estimate of drug-likeness (QED) is 0.700. The smallest absolute Gasteiger partial charge is 0.0127 e. The van der Waals surface area contributed by atoms with Crippen LogP contribution in [-0.2, 0) is 0 Å². The average molecular weight is 182 g/mol. The van der Waals surface area contributed by atoms with E-state index in [2.05, 4.69) is 18.9 Å². The molecule has 2 nitrogen and oxygen atoms in total. The molecule has 0 aromatic rings. The predicted molar refractivity (Wildman–Crippen MR) is 55.5 cm³/mol. The van der Waals surface area contributed by atoms with E-state index in [-0.39, 0.29) is 0 Å². The van der Waals surface area contributed by atoms with E-state index in [4.69, 9.17) is 5.73 Å². The standard InChI is InChI=1S/C11H22N2/c1-3-10-8(7-12)6-9-4-5-11(10)13(9)2/h8-11H,3-7,12H2,1-2H3. The maximum Gasteiger partial charge on any atom is 0.0127 e. The van der Waals surface area contributed by atoms with Crippen molar-refractivity contribution >= 4 is 0 Å². The minimum absolute atomic E-state index is 0.804. The molecule has 2 aliphatic heterocycles. The first-order valence-corrected chi connectivity index (χ1v) is 5.70. The molecule has 2 rings (SSSR count). The monoisotopic (exact) mass is 182 g/mol. The van der Waals surface area contributed by atoms with Crippen LogP contribution in [0, 0.1) is 11.8 Å². The Bertz CT molecular complexity index is 181. The first-order chi connectivity index (χ1) is 6.27. The Balaban J connectivity index is 2.13. The number of nitrogens with zero attached hydrogens (tertiary/aromatic N) is 1. The highest BCUT2D eigenvalue weighted by atomic mass is 15.2. The van der Waals surface area contributed by atoms with E-state index >= 15 is 0 Å². The Morgan fingerprint density at radius 1 is 1.38 bits per heavy atom. The van der Waals surface area contributed by atoms with Gasteiger partial charge in [-0.05, 0) is 44.7 Å². The molecule has 0 aromatic carbocycles. The molecule has 2 heterocycles.